The molecule has 0 bridgehead atoms. The lowest BCUT2D eigenvalue weighted by Crippen LogP contribution is -2.62. The summed E-state index contributed by atoms with van der Waals surface area (Å²) in [7, 11) is 0. The first kappa shape index (κ1) is 87.7. The van der Waals surface area contributed by atoms with E-state index in [2.05, 4.69) is 63.4 Å². The van der Waals surface area contributed by atoms with Gasteiger partial charge in [0.1, 0.15) is 60.4 Å². The van der Waals surface area contributed by atoms with Gasteiger partial charge in [-0.1, -0.05) is 161 Å². The lowest BCUT2D eigenvalue weighted by molar-refractivity contribution is -0.142. The number of anilines is 1. The number of hydrogen-bond donors (Lipinski definition) is 14. The van der Waals surface area contributed by atoms with E-state index in [1.807, 2.05) is 76.2 Å². The zero-order valence-electron chi connectivity index (χ0n) is 64.9. The normalized spacial score (nSPS) is 16.0. The van der Waals surface area contributed by atoms with E-state index in [9.17, 15) is 48.3 Å². The Morgan fingerprint density at radius 3 is 1.47 bits per heavy atom. The maximum atomic E-state index is 15.5. The average Bonchev–Trinajstić information content (AvgIpc) is 1.76. The molecule has 8 rings (SSSR count). The van der Waals surface area contributed by atoms with Crippen LogP contribution >= 0.6 is 11.6 Å². The van der Waals surface area contributed by atoms with Gasteiger partial charge in [0.2, 0.25) is 65.0 Å². The molecular formula is C83H108ClN15O14. The van der Waals surface area contributed by atoms with Gasteiger partial charge in [0.05, 0.1) is 19.8 Å². The molecule has 2 aliphatic rings. The van der Waals surface area contributed by atoms with E-state index < -0.39 is 132 Å². The molecule has 0 radical (unpaired) electrons. The molecule has 0 aliphatic carbocycles. The second kappa shape index (κ2) is 43.8. The Kier molecular flexibility index (Phi) is 34.0. The first-order valence-electron chi connectivity index (χ1n) is 38.5. The maximum Gasteiger partial charge on any atom is 0.312 e. The topological polar surface area (TPSA) is 425 Å². The molecule has 2 heterocycles. The number of amides is 13. The Hall–Kier alpha value is -10.8. The lowest BCUT2D eigenvalue weighted by Gasteiger charge is -2.31. The first-order chi connectivity index (χ1) is 54.1. The third-order valence-corrected chi connectivity index (χ3v) is 19.9. The van der Waals surface area contributed by atoms with Crippen LogP contribution in [0.5, 0.6) is 0 Å². The van der Waals surface area contributed by atoms with E-state index >= 15 is 14.4 Å². The molecule has 2 aliphatic heterocycles. The summed E-state index contributed by atoms with van der Waals surface area (Å²) in [6.07, 6.45) is 1.20. The summed E-state index contributed by atoms with van der Waals surface area (Å²) in [6.45, 7) is 13.3. The van der Waals surface area contributed by atoms with Crippen molar-refractivity contribution in [3.63, 3.8) is 0 Å². The molecule has 29 nitrogen and oxygen atoms in total. The number of aliphatic hydroxyl groups excluding tert-OH is 1. The Morgan fingerprint density at radius 2 is 0.947 bits per heavy atom. The monoisotopic (exact) mass is 1570 g/mol. The molecule has 113 heavy (non-hydrogen) atoms. The molecule has 30 heteroatoms. The van der Waals surface area contributed by atoms with Crippen molar-refractivity contribution in [2.75, 3.05) is 51.3 Å². The number of primary amides is 2. The molecular weight excluding hydrogens is 1470 g/mol. The number of hydrogen-bond acceptors (Lipinski definition) is 16. The minimum absolute atomic E-state index is 0.0348. The number of ether oxygens (including phenoxy) is 1. The minimum atomic E-state index is -1.81. The quantitative estimate of drug-likeness (QED) is 0.0245. The van der Waals surface area contributed by atoms with E-state index in [4.69, 9.17) is 27.8 Å². The number of nitrogens with zero attached hydrogens (tertiary/aromatic N) is 2. The van der Waals surface area contributed by atoms with Crippen LogP contribution in [0.4, 0.5) is 10.5 Å². The van der Waals surface area contributed by atoms with E-state index in [1.165, 1.54) is 18.7 Å². The highest BCUT2D eigenvalue weighted by molar-refractivity contribution is 6.30. The molecule has 2 saturated heterocycles. The van der Waals surface area contributed by atoms with Crippen molar-refractivity contribution in [2.45, 2.75) is 185 Å². The third-order valence-electron chi connectivity index (χ3n) is 19.6. The van der Waals surface area contributed by atoms with Crippen molar-refractivity contribution in [3.05, 3.63) is 184 Å². The van der Waals surface area contributed by atoms with E-state index in [-0.39, 0.29) is 75.8 Å². The summed E-state index contributed by atoms with van der Waals surface area (Å²) in [5.74, 6) is -8.66. The van der Waals surface area contributed by atoms with Gasteiger partial charge < -0.3 is 84.7 Å². The number of halogens is 1. The number of morpholine rings is 1. The predicted octanol–water partition coefficient (Wildman–Crippen LogP) is 3.42. The van der Waals surface area contributed by atoms with E-state index in [1.54, 1.807) is 97.1 Å². The number of carbonyl (C=O) groups is 12. The predicted molar refractivity (Wildman–Crippen MR) is 429 cm³/mol. The second-order valence-corrected chi connectivity index (χ2v) is 30.1. The maximum absolute atomic E-state index is 15.5. The van der Waals surface area contributed by atoms with Crippen molar-refractivity contribution >= 4 is 99.1 Å². The SMILES string of the molecule is CC(=O)Nc1ccc(C[C@@H](NC(=O)[C@H](Cc2ccc(CN3CCOCC3)cc2)NC(=O)[C@H](CO)NC(=O)[C@@H](Cc2ccccc2)NC(=O)[C@@H](Cc2ccc(Cl)cc2)NC(=O)[C@@H](Cc2ccc3ccccc3c2)NC(N)=O)C(=O)N[C@@H](CC(C)C)C(=O)N[C@@H](CCCCNC(C)C)C(=O)N2CCC[C@H]2C(=O)N[C@H](C)C(N)=O)cc1. The number of urea groups is 1. The number of aliphatic hydroxyl groups is 1. The molecule has 6 aromatic carbocycles. The summed E-state index contributed by atoms with van der Waals surface area (Å²) in [5, 5.41) is 44.0. The number of benzene rings is 6. The van der Waals surface area contributed by atoms with E-state index in [0.717, 1.165) is 16.3 Å². The van der Waals surface area contributed by atoms with Gasteiger partial charge >= 0.3 is 6.03 Å². The van der Waals surface area contributed by atoms with Gasteiger partial charge in [-0.25, -0.2) is 4.79 Å². The molecule has 10 atom stereocenters. The van der Waals surface area contributed by atoms with Gasteiger partial charge in [-0.15, -0.1) is 0 Å². The molecule has 13 amide bonds. The van der Waals surface area contributed by atoms with Crippen LogP contribution in [0.15, 0.2) is 146 Å². The lowest BCUT2D eigenvalue weighted by atomic mass is 9.99. The van der Waals surface area contributed by atoms with Gasteiger partial charge in [-0.3, -0.25) is 57.6 Å². The Labute approximate surface area is 664 Å². The summed E-state index contributed by atoms with van der Waals surface area (Å²) >= 11 is 6.28. The molecule has 16 N–H and O–H groups in total. The smallest absolute Gasteiger partial charge is 0.312 e. The Bertz CT molecular complexity index is 4230. The molecule has 2 fully saturated rings. The summed E-state index contributed by atoms with van der Waals surface area (Å²) < 4.78 is 5.56. The fourth-order valence-electron chi connectivity index (χ4n) is 13.5. The highest BCUT2D eigenvalue weighted by atomic mass is 35.5. The summed E-state index contributed by atoms with van der Waals surface area (Å²) in [6, 6.07) is 27.5. The summed E-state index contributed by atoms with van der Waals surface area (Å²) in [4.78, 5) is 174. The van der Waals surface area contributed by atoms with Crippen molar-refractivity contribution in [2.24, 2.45) is 17.4 Å². The van der Waals surface area contributed by atoms with Gasteiger partial charge in [0.25, 0.3) is 0 Å². The third kappa shape index (κ3) is 28.4. The molecule has 6 aromatic rings. The van der Waals surface area contributed by atoms with E-state index in [0.29, 0.717) is 97.2 Å². The van der Waals surface area contributed by atoms with Crippen molar-refractivity contribution < 1.29 is 67.4 Å². The number of rotatable bonds is 41. The number of likely N-dealkylation sites (tertiary alicyclic amines) is 1. The van der Waals surface area contributed by atoms with Crippen LogP contribution in [0.3, 0.4) is 0 Å². The van der Waals surface area contributed by atoms with Crippen LogP contribution in [-0.4, -0.2) is 198 Å². The number of carbonyl (C=O) groups excluding carboxylic acids is 12. The first-order valence-corrected chi connectivity index (χ1v) is 38.9. The average molecular weight is 1580 g/mol. The number of fused-ring (bicyclic) bond motifs is 1. The standard InChI is InChI=1S/C83H108ClN15O14/c1-50(2)41-65(74(103)90-64(19-12-13-35-87-51(3)4)82(111)99-36-14-20-72(99)81(110)88-52(5)73(85)102)91-75(104)68(46-57-28-33-63(34-29-57)89-53(6)101)93-77(106)69(44-55-21-23-58(24-22-55)48-98-37-39-113-40-38-98)95-80(109)71(49-100)96-78(107)66(43-54-15-8-7-9-16-54)92-76(105)67(45-56-26-31-62(84)32-27-56)94-79(108)70(97-83(86)112)47-59-25-30-60-17-10-11-18-61(60)42-59/h7-11,15-18,21-34,42,50-52,64-72,87,100H,12-14,19-20,35-41,43-49H2,1-6H3,(H2,85,102)(H,88,110)(H,89,101)(H,90,103)(H,91,104)(H,92,105)(H,93,106)(H,94,108)(H,95,109)(H,96,107)(H3,86,97,112)/t52-,64+,65+,66-,67-,68-,69+,70-,71+,72+/m1/s1. The zero-order valence-corrected chi connectivity index (χ0v) is 65.7. The number of unbranched alkanes of at least 4 members (excludes halogenated alkanes) is 1. The van der Waals surface area contributed by atoms with Crippen molar-refractivity contribution in [1.82, 2.24) is 63.0 Å². The van der Waals surface area contributed by atoms with Gasteiger partial charge in [0.15, 0.2) is 0 Å². The molecule has 0 saturated carbocycles. The fourth-order valence-corrected chi connectivity index (χ4v) is 13.7. The molecule has 0 spiro atoms. The highest BCUT2D eigenvalue weighted by Gasteiger charge is 2.41. The van der Waals surface area contributed by atoms with Crippen LogP contribution in [0, 0.1) is 5.92 Å². The van der Waals surface area contributed by atoms with Gasteiger partial charge in [0, 0.05) is 82.0 Å². The Balaban J connectivity index is 1.08. The van der Waals surface area contributed by atoms with Crippen LogP contribution < -0.4 is 70.0 Å². The molecule has 606 valence electrons. The minimum Gasteiger partial charge on any atom is -0.394 e. The van der Waals surface area contributed by atoms with Crippen LogP contribution in [0.2, 0.25) is 5.02 Å². The zero-order chi connectivity index (χ0) is 81.7. The number of nitrogens with two attached hydrogens (primary N) is 2. The van der Waals surface area contributed by atoms with Crippen molar-refractivity contribution in [1.29, 1.82) is 0 Å². The Morgan fingerprint density at radius 1 is 0.496 bits per heavy atom. The summed E-state index contributed by atoms with van der Waals surface area (Å²) in [5.41, 5.74) is 15.3. The van der Waals surface area contributed by atoms with Crippen LogP contribution in [0.1, 0.15) is 113 Å². The highest BCUT2D eigenvalue weighted by Crippen LogP contribution is 2.23. The van der Waals surface area contributed by atoms with Crippen LogP contribution in [0.25, 0.3) is 10.8 Å². The second-order valence-electron chi connectivity index (χ2n) is 29.6. The van der Waals surface area contributed by atoms with Crippen molar-refractivity contribution in [3.8, 4) is 0 Å². The largest absolute Gasteiger partial charge is 0.394 e. The van der Waals surface area contributed by atoms with Crippen LogP contribution in [-0.2, 0) is 96.1 Å². The number of nitrogens with one attached hydrogen (secondary N) is 11. The fraction of sp³-hybridized carbons (Fsp3) is 0.446. The molecule has 0 aromatic heterocycles. The molecule has 0 unspecified atom stereocenters. The van der Waals surface area contributed by atoms with Gasteiger partial charge in [-0.2, -0.15) is 0 Å². The van der Waals surface area contributed by atoms with Gasteiger partial charge in [-0.05, 0) is 126 Å².